The summed E-state index contributed by atoms with van der Waals surface area (Å²) in [7, 11) is 0. The lowest BCUT2D eigenvalue weighted by Gasteiger charge is -1.91. The first-order valence-corrected chi connectivity index (χ1v) is 4.96. The molecule has 0 unspecified atom stereocenters. The number of nitrogens with one attached hydrogen (secondary N) is 1. The van der Waals surface area contributed by atoms with Crippen LogP contribution in [0.2, 0.25) is 0 Å². The van der Waals surface area contributed by atoms with Crippen LogP contribution in [0.1, 0.15) is 5.69 Å². The highest BCUT2D eigenvalue weighted by Crippen LogP contribution is 2.16. The van der Waals surface area contributed by atoms with E-state index in [4.69, 9.17) is 0 Å². The molecule has 1 N–H and O–H groups in total. The molecule has 0 atom stereocenters. The standard InChI is InChI=1S/C6H5IN2/c1-2-5-6(7-3-1)9-4-8-5/h1-4H,(H,8,9). The van der Waals surface area contributed by atoms with Crippen LogP contribution in [0, 0.1) is 3.70 Å². The fourth-order valence-electron chi connectivity index (χ4n) is 0.720. The molecule has 0 radical (unpaired) electrons. The minimum atomic E-state index is 0.103. The van der Waals surface area contributed by atoms with E-state index < -0.39 is 0 Å². The van der Waals surface area contributed by atoms with Crippen molar-refractivity contribution in [3.63, 3.8) is 0 Å². The highest BCUT2D eigenvalue weighted by molar-refractivity contribution is 14.2. The summed E-state index contributed by atoms with van der Waals surface area (Å²) in [5.41, 5.74) is 1.13. The molecule has 0 bridgehead atoms. The molecular formula is C6H5IN2. The molecule has 0 amide bonds. The summed E-state index contributed by atoms with van der Waals surface area (Å²) in [5.74, 6) is 0. The number of fused-ring (bicyclic) bond motifs is 1. The van der Waals surface area contributed by atoms with Crippen LogP contribution in [0.3, 0.4) is 0 Å². The van der Waals surface area contributed by atoms with Crippen molar-refractivity contribution in [1.29, 1.82) is 0 Å². The number of hydrogen-bond acceptors (Lipinski definition) is 1. The zero-order chi connectivity index (χ0) is 6.10. The summed E-state index contributed by atoms with van der Waals surface area (Å²) in [6.45, 7) is 0. The lowest BCUT2D eigenvalue weighted by atomic mass is 10.4. The van der Waals surface area contributed by atoms with Crippen LogP contribution in [0.15, 0.2) is 12.4 Å². The molecule has 1 aromatic heterocycles. The molecule has 2 rings (SSSR count). The Morgan fingerprint density at radius 1 is 1.56 bits per heavy atom. The largest absolute Gasteiger partial charge is 0.340 e. The van der Waals surface area contributed by atoms with Crippen molar-refractivity contribution in [2.45, 2.75) is 0 Å². The van der Waals surface area contributed by atoms with E-state index >= 15 is 0 Å². The Hall–Kier alpha value is -0.450. The van der Waals surface area contributed by atoms with Crippen LogP contribution in [-0.2, 0) is 0 Å². The van der Waals surface area contributed by atoms with Crippen LogP contribution in [0.25, 0.3) is 6.08 Å². The van der Waals surface area contributed by atoms with Gasteiger partial charge in [0, 0.05) is 0 Å². The summed E-state index contributed by atoms with van der Waals surface area (Å²) >= 11 is 0.103. The van der Waals surface area contributed by atoms with Gasteiger partial charge in [-0.2, -0.15) is 0 Å². The van der Waals surface area contributed by atoms with Crippen molar-refractivity contribution in [3.8, 4) is 0 Å². The van der Waals surface area contributed by atoms with Gasteiger partial charge in [-0.25, -0.2) is 4.98 Å². The lowest BCUT2D eigenvalue weighted by molar-refractivity contribution is 1.30. The van der Waals surface area contributed by atoms with Gasteiger partial charge in [0.15, 0.2) is 0 Å². The molecule has 3 heteroatoms. The smallest absolute Gasteiger partial charge is 0.0987 e. The second-order valence-electron chi connectivity index (χ2n) is 1.70. The molecule has 1 aliphatic heterocycles. The zero-order valence-electron chi connectivity index (χ0n) is 4.63. The molecule has 0 saturated heterocycles. The fraction of sp³-hybridized carbons (Fsp3) is 0. The topological polar surface area (TPSA) is 28.7 Å². The van der Waals surface area contributed by atoms with E-state index in [1.807, 2.05) is 6.08 Å². The van der Waals surface area contributed by atoms with E-state index in [-0.39, 0.29) is 20.7 Å². The van der Waals surface area contributed by atoms with Gasteiger partial charge in [0.05, 0.1) is 15.7 Å². The van der Waals surface area contributed by atoms with E-state index in [1.54, 1.807) is 6.33 Å². The molecule has 1 aliphatic rings. The number of rotatable bonds is 0. The predicted molar refractivity (Wildman–Crippen MR) is 46.4 cm³/mol. The lowest BCUT2D eigenvalue weighted by Crippen LogP contribution is -1.80. The summed E-state index contributed by atoms with van der Waals surface area (Å²) in [6, 6.07) is 0. The third-order valence-electron chi connectivity index (χ3n) is 1.12. The number of aromatic amines is 1. The quantitative estimate of drug-likeness (QED) is 0.672. The molecule has 2 nitrogen and oxygen atoms in total. The summed E-state index contributed by atoms with van der Waals surface area (Å²) in [5, 5.41) is 0. The Balaban J connectivity index is 2.68. The second kappa shape index (κ2) is 2.06. The maximum Gasteiger partial charge on any atom is 0.0987 e. The van der Waals surface area contributed by atoms with Crippen LogP contribution >= 0.6 is 20.7 Å². The number of aromatic nitrogens is 2. The Bertz CT molecular complexity index is 246. The van der Waals surface area contributed by atoms with Crippen molar-refractivity contribution >= 4 is 30.8 Å². The van der Waals surface area contributed by atoms with Gasteiger partial charge in [-0.3, -0.25) is 0 Å². The summed E-state index contributed by atoms with van der Waals surface area (Å²) in [6.07, 6.45) is 5.87. The molecule has 0 spiro atoms. The summed E-state index contributed by atoms with van der Waals surface area (Å²) < 4.78 is 3.55. The fourth-order valence-corrected chi connectivity index (χ4v) is 2.45. The van der Waals surface area contributed by atoms with Gasteiger partial charge >= 0.3 is 0 Å². The van der Waals surface area contributed by atoms with Gasteiger partial charge in [0.1, 0.15) is 0 Å². The van der Waals surface area contributed by atoms with Gasteiger partial charge in [0.25, 0.3) is 0 Å². The first-order chi connectivity index (χ1) is 4.47. The van der Waals surface area contributed by atoms with Crippen molar-refractivity contribution < 1.29 is 0 Å². The molecule has 46 valence electrons. The minimum absolute atomic E-state index is 0.103. The van der Waals surface area contributed by atoms with E-state index in [0.717, 1.165) is 5.69 Å². The molecule has 0 aromatic carbocycles. The third-order valence-corrected chi connectivity index (χ3v) is 3.38. The molecule has 2 heterocycles. The highest BCUT2D eigenvalue weighted by atomic mass is 127. The van der Waals surface area contributed by atoms with Crippen LogP contribution in [0.4, 0.5) is 0 Å². The van der Waals surface area contributed by atoms with Crippen molar-refractivity contribution in [1.82, 2.24) is 9.97 Å². The Morgan fingerprint density at radius 3 is 3.44 bits per heavy atom. The average Bonchev–Trinajstić information content (AvgIpc) is 2.33. The number of H-pyrrole nitrogens is 1. The van der Waals surface area contributed by atoms with E-state index in [1.165, 1.54) is 3.70 Å². The van der Waals surface area contributed by atoms with Gasteiger partial charge in [-0.1, -0.05) is 26.8 Å². The van der Waals surface area contributed by atoms with E-state index in [0.29, 0.717) is 0 Å². The van der Waals surface area contributed by atoms with Crippen molar-refractivity contribution in [3.05, 3.63) is 21.8 Å². The molecule has 9 heavy (non-hydrogen) atoms. The van der Waals surface area contributed by atoms with Crippen molar-refractivity contribution in [2.24, 2.45) is 0 Å². The van der Waals surface area contributed by atoms with Crippen LogP contribution < -0.4 is 0 Å². The molecule has 0 saturated carbocycles. The minimum Gasteiger partial charge on any atom is -0.340 e. The normalized spacial score (nSPS) is 14.7. The maximum atomic E-state index is 4.12. The Morgan fingerprint density at radius 2 is 2.56 bits per heavy atom. The molecule has 1 aromatic rings. The summed E-state index contributed by atoms with van der Waals surface area (Å²) in [4.78, 5) is 7.23. The number of allylic oxidation sites excluding steroid dienone is 1. The molecular weight excluding hydrogens is 227 g/mol. The van der Waals surface area contributed by atoms with Gasteiger partial charge in [-0.15, -0.1) is 0 Å². The van der Waals surface area contributed by atoms with Crippen LogP contribution in [-0.4, -0.2) is 14.0 Å². The van der Waals surface area contributed by atoms with Crippen molar-refractivity contribution in [2.75, 3.05) is 0 Å². The Labute approximate surface area is 62.8 Å². The molecule has 0 fully saturated rings. The van der Waals surface area contributed by atoms with Gasteiger partial charge in [-0.05, 0) is 10.1 Å². The van der Waals surface area contributed by atoms with Gasteiger partial charge in [0.2, 0.25) is 0 Å². The Kier molecular flexibility index (Phi) is 1.22. The third kappa shape index (κ3) is 0.849. The van der Waals surface area contributed by atoms with Gasteiger partial charge < -0.3 is 4.98 Å². The number of hydrogen-bond donors (Lipinski definition) is 1. The number of nitrogens with zero attached hydrogens (tertiary/aromatic N) is 1. The average molecular weight is 232 g/mol. The van der Waals surface area contributed by atoms with E-state index in [9.17, 15) is 0 Å². The molecule has 0 aliphatic carbocycles. The maximum absolute atomic E-state index is 4.12. The van der Waals surface area contributed by atoms with Crippen LogP contribution in [0.5, 0.6) is 0 Å². The first kappa shape index (κ1) is 5.34. The first-order valence-electron chi connectivity index (χ1n) is 2.63. The highest BCUT2D eigenvalue weighted by Gasteiger charge is 1.99. The SMILES string of the molecule is C1=Cc2nc[nH]c2I=C1. The number of imidazole rings is 1. The monoisotopic (exact) mass is 232 g/mol. The zero-order valence-corrected chi connectivity index (χ0v) is 6.79. The second-order valence-corrected chi connectivity index (χ2v) is 4.12. The predicted octanol–water partition coefficient (Wildman–Crippen LogP) is 1.38. The van der Waals surface area contributed by atoms with E-state index in [2.05, 4.69) is 20.1 Å². The number of halogens is 1.